The number of ether oxygens (including phenoxy) is 1. The molecular weight excluding hydrogens is 380 g/mol. The Bertz CT molecular complexity index is 695. The monoisotopic (exact) mass is 401 g/mol. The van der Waals surface area contributed by atoms with Gasteiger partial charge in [-0.2, -0.15) is 0 Å². The molecule has 26 heavy (non-hydrogen) atoms. The van der Waals surface area contributed by atoms with Crippen LogP contribution in [0, 0.1) is 11.7 Å². The maximum Gasteiger partial charge on any atom is 0.224 e. The van der Waals surface area contributed by atoms with E-state index in [0.717, 1.165) is 31.5 Å². The average Bonchev–Trinajstić information content (AvgIpc) is 2.63. The summed E-state index contributed by atoms with van der Waals surface area (Å²) in [6.45, 7) is 2.15. The van der Waals surface area contributed by atoms with E-state index >= 15 is 0 Å². The highest BCUT2D eigenvalue weighted by Crippen LogP contribution is 2.20. The van der Waals surface area contributed by atoms with Gasteiger partial charge in [0, 0.05) is 25.4 Å². The van der Waals surface area contributed by atoms with E-state index in [2.05, 4.69) is 15.6 Å². The number of pyridine rings is 1. The zero-order chi connectivity index (χ0) is 16.8. The molecule has 3 rings (SSSR count). The average molecular weight is 402 g/mol. The van der Waals surface area contributed by atoms with Gasteiger partial charge < -0.3 is 15.4 Å². The molecule has 0 radical (unpaired) electrons. The van der Waals surface area contributed by atoms with Gasteiger partial charge >= 0.3 is 0 Å². The lowest BCUT2D eigenvalue weighted by Gasteiger charge is -2.21. The second-order valence-corrected chi connectivity index (χ2v) is 5.82. The Morgan fingerprint density at radius 3 is 2.73 bits per heavy atom. The third-order valence-electron chi connectivity index (χ3n) is 3.97. The Morgan fingerprint density at radius 1 is 1.27 bits per heavy atom. The zero-order valence-corrected chi connectivity index (χ0v) is 15.7. The molecule has 2 aromatic rings. The second kappa shape index (κ2) is 11.0. The van der Waals surface area contributed by atoms with Crippen molar-refractivity contribution >= 4 is 30.7 Å². The Morgan fingerprint density at radius 2 is 2.04 bits per heavy atom. The molecule has 1 aromatic heterocycles. The third-order valence-corrected chi connectivity index (χ3v) is 3.97. The predicted molar refractivity (Wildman–Crippen MR) is 103 cm³/mol. The summed E-state index contributed by atoms with van der Waals surface area (Å²) < 4.78 is 18.5. The molecule has 1 saturated heterocycles. The molecule has 2 N–H and O–H groups in total. The van der Waals surface area contributed by atoms with Gasteiger partial charge in [0.1, 0.15) is 11.6 Å². The van der Waals surface area contributed by atoms with E-state index in [1.807, 2.05) is 6.07 Å². The second-order valence-electron chi connectivity index (χ2n) is 5.82. The summed E-state index contributed by atoms with van der Waals surface area (Å²) in [5.41, 5.74) is 0.902. The van der Waals surface area contributed by atoms with Crippen molar-refractivity contribution in [1.29, 1.82) is 0 Å². The number of hydrogen-bond donors (Lipinski definition) is 2. The van der Waals surface area contributed by atoms with E-state index in [-0.39, 0.29) is 42.5 Å². The van der Waals surface area contributed by atoms with Gasteiger partial charge in [-0.05, 0) is 55.3 Å². The van der Waals surface area contributed by atoms with E-state index in [1.165, 1.54) is 12.1 Å². The normalized spacial score (nSPS) is 16.0. The van der Waals surface area contributed by atoms with Crippen molar-refractivity contribution in [3.8, 4) is 11.6 Å². The smallest absolute Gasteiger partial charge is 0.224 e. The van der Waals surface area contributed by atoms with Crippen LogP contribution in [0.1, 0.15) is 18.4 Å². The first-order valence-corrected chi connectivity index (χ1v) is 8.07. The summed E-state index contributed by atoms with van der Waals surface area (Å²) in [6.07, 6.45) is 3.58. The fourth-order valence-corrected chi connectivity index (χ4v) is 2.65. The van der Waals surface area contributed by atoms with Crippen molar-refractivity contribution in [3.63, 3.8) is 0 Å². The van der Waals surface area contributed by atoms with Crippen molar-refractivity contribution in [3.05, 3.63) is 54.0 Å². The first-order valence-electron chi connectivity index (χ1n) is 8.07. The predicted octanol–water partition coefficient (Wildman–Crippen LogP) is 3.47. The largest absolute Gasteiger partial charge is 0.439 e. The molecule has 1 amide bonds. The molecule has 2 heterocycles. The zero-order valence-electron chi connectivity index (χ0n) is 14.1. The SMILES string of the molecule is Cl.Cl.O=C(NCc1ccnc(Oc2ccc(F)cc2)c1)C1CCCNC1. The first kappa shape index (κ1) is 22.2. The van der Waals surface area contributed by atoms with Crippen LogP contribution in [-0.2, 0) is 11.3 Å². The van der Waals surface area contributed by atoms with Crippen LogP contribution in [0.5, 0.6) is 11.6 Å². The molecule has 1 fully saturated rings. The summed E-state index contributed by atoms with van der Waals surface area (Å²) in [5.74, 6) is 0.713. The van der Waals surface area contributed by atoms with Gasteiger partial charge in [0.2, 0.25) is 11.8 Å². The number of hydrogen-bond acceptors (Lipinski definition) is 4. The molecular formula is C18H22Cl2FN3O2. The van der Waals surface area contributed by atoms with Crippen LogP contribution in [0.2, 0.25) is 0 Å². The van der Waals surface area contributed by atoms with E-state index in [4.69, 9.17) is 4.74 Å². The molecule has 0 bridgehead atoms. The van der Waals surface area contributed by atoms with Crippen LogP contribution >= 0.6 is 24.8 Å². The minimum Gasteiger partial charge on any atom is -0.439 e. The van der Waals surface area contributed by atoms with E-state index in [1.54, 1.807) is 24.4 Å². The van der Waals surface area contributed by atoms with Gasteiger partial charge in [-0.3, -0.25) is 4.79 Å². The number of nitrogens with zero attached hydrogens (tertiary/aromatic N) is 1. The molecule has 1 aliphatic rings. The number of amides is 1. The Kier molecular flexibility index (Phi) is 9.34. The lowest BCUT2D eigenvalue weighted by atomic mass is 9.99. The molecule has 1 unspecified atom stereocenters. The topological polar surface area (TPSA) is 63.2 Å². The molecule has 1 aromatic carbocycles. The summed E-state index contributed by atoms with van der Waals surface area (Å²) in [5, 5.41) is 6.19. The van der Waals surface area contributed by atoms with Crippen LogP contribution < -0.4 is 15.4 Å². The number of aromatic nitrogens is 1. The fraction of sp³-hybridized carbons (Fsp3) is 0.333. The van der Waals surface area contributed by atoms with Gasteiger partial charge in [-0.15, -0.1) is 24.8 Å². The molecule has 0 aliphatic carbocycles. The Hall–Kier alpha value is -1.89. The van der Waals surface area contributed by atoms with Crippen molar-refractivity contribution in [1.82, 2.24) is 15.6 Å². The van der Waals surface area contributed by atoms with Gasteiger partial charge in [-0.25, -0.2) is 9.37 Å². The lowest BCUT2D eigenvalue weighted by molar-refractivity contribution is -0.125. The number of nitrogens with one attached hydrogen (secondary N) is 2. The van der Waals surface area contributed by atoms with Gasteiger partial charge in [0.25, 0.3) is 0 Å². The summed E-state index contributed by atoms with van der Waals surface area (Å²) in [4.78, 5) is 16.3. The van der Waals surface area contributed by atoms with E-state index in [9.17, 15) is 9.18 Å². The molecule has 8 heteroatoms. The van der Waals surface area contributed by atoms with Crippen LogP contribution in [0.4, 0.5) is 4.39 Å². The summed E-state index contributed by atoms with van der Waals surface area (Å²) in [7, 11) is 0. The standard InChI is InChI=1S/C18H20FN3O2.2ClH/c19-15-3-5-16(6-4-15)24-17-10-13(7-9-21-17)11-22-18(23)14-2-1-8-20-12-14;;/h3-7,9-10,14,20H,1-2,8,11-12H2,(H,22,23);2*1H. The molecule has 1 atom stereocenters. The number of rotatable bonds is 5. The van der Waals surface area contributed by atoms with Crippen molar-refractivity contribution in [2.45, 2.75) is 19.4 Å². The molecule has 5 nitrogen and oxygen atoms in total. The highest BCUT2D eigenvalue weighted by Gasteiger charge is 2.20. The number of carbonyl (C=O) groups excluding carboxylic acids is 1. The Balaban J connectivity index is 0.00000169. The minimum absolute atomic E-state index is 0. The van der Waals surface area contributed by atoms with Crippen LogP contribution in [0.25, 0.3) is 0 Å². The van der Waals surface area contributed by atoms with Crippen molar-refractivity contribution in [2.75, 3.05) is 13.1 Å². The van der Waals surface area contributed by atoms with Crippen LogP contribution in [0.15, 0.2) is 42.6 Å². The third kappa shape index (κ3) is 6.44. The highest BCUT2D eigenvalue weighted by molar-refractivity contribution is 5.85. The van der Waals surface area contributed by atoms with Crippen molar-refractivity contribution in [2.24, 2.45) is 5.92 Å². The van der Waals surface area contributed by atoms with E-state index in [0.29, 0.717) is 18.2 Å². The quantitative estimate of drug-likeness (QED) is 0.804. The number of piperidine rings is 1. The number of carbonyl (C=O) groups is 1. The van der Waals surface area contributed by atoms with Gasteiger partial charge in [-0.1, -0.05) is 0 Å². The van der Waals surface area contributed by atoms with E-state index < -0.39 is 0 Å². The molecule has 0 saturated carbocycles. The number of benzene rings is 1. The number of halogens is 3. The maximum absolute atomic E-state index is 12.9. The van der Waals surface area contributed by atoms with Crippen LogP contribution in [-0.4, -0.2) is 24.0 Å². The maximum atomic E-state index is 12.9. The summed E-state index contributed by atoms with van der Waals surface area (Å²) in [6, 6.07) is 9.35. The van der Waals surface area contributed by atoms with Gasteiger partial charge in [0.15, 0.2) is 0 Å². The van der Waals surface area contributed by atoms with Crippen LogP contribution in [0.3, 0.4) is 0 Å². The fourth-order valence-electron chi connectivity index (χ4n) is 2.65. The molecule has 142 valence electrons. The Labute approximate surface area is 164 Å². The molecule has 1 aliphatic heterocycles. The first-order chi connectivity index (χ1) is 11.7. The minimum atomic E-state index is -0.316. The van der Waals surface area contributed by atoms with Crippen molar-refractivity contribution < 1.29 is 13.9 Å². The van der Waals surface area contributed by atoms with Gasteiger partial charge in [0.05, 0.1) is 5.92 Å². The lowest BCUT2D eigenvalue weighted by Crippen LogP contribution is -2.40. The summed E-state index contributed by atoms with van der Waals surface area (Å²) >= 11 is 0. The highest BCUT2D eigenvalue weighted by atomic mass is 35.5. The molecule has 0 spiro atoms.